The minimum atomic E-state index is 0.686. The number of likely N-dealkylation sites (tertiary alicyclic amines) is 1. The number of nitrogens with zero attached hydrogens (tertiary/aromatic N) is 1. The molecule has 1 aromatic carbocycles. The molecule has 0 aromatic heterocycles. The van der Waals surface area contributed by atoms with E-state index in [2.05, 4.69) is 50.4 Å². The van der Waals surface area contributed by atoms with Gasteiger partial charge in [-0.25, -0.2) is 0 Å². The minimum Gasteiger partial charge on any atom is -0.369 e. The smallest absolute Gasteiger partial charge is 0.0372 e. The first-order chi connectivity index (χ1) is 8.63. The van der Waals surface area contributed by atoms with Crippen molar-refractivity contribution in [3.8, 4) is 0 Å². The van der Waals surface area contributed by atoms with Crippen molar-refractivity contribution in [2.24, 2.45) is 0 Å². The molecule has 1 aromatic rings. The fourth-order valence-corrected chi connectivity index (χ4v) is 2.98. The van der Waals surface area contributed by atoms with Crippen LogP contribution in [0.15, 0.2) is 24.8 Å². The third-order valence-corrected chi connectivity index (χ3v) is 4.15. The molecule has 1 fully saturated rings. The summed E-state index contributed by atoms with van der Waals surface area (Å²) in [5.41, 5.74) is 5.21. The van der Waals surface area contributed by atoms with E-state index in [0.29, 0.717) is 6.04 Å². The summed E-state index contributed by atoms with van der Waals surface area (Å²) in [5, 5.41) is 0. The maximum atomic E-state index is 4.37. The Labute approximate surface area is 112 Å². The summed E-state index contributed by atoms with van der Waals surface area (Å²) in [6, 6.07) is 7.35. The summed E-state index contributed by atoms with van der Waals surface area (Å²) in [5.74, 6) is 0. The highest BCUT2D eigenvalue weighted by Gasteiger charge is 2.23. The highest BCUT2D eigenvalue weighted by atomic mass is 15.2. The Morgan fingerprint density at radius 2 is 2.11 bits per heavy atom. The molecule has 0 saturated carbocycles. The predicted molar refractivity (Wildman–Crippen MR) is 79.6 cm³/mol. The summed E-state index contributed by atoms with van der Waals surface area (Å²) in [6.45, 7) is 12.2. The Bertz CT molecular complexity index is 433. The normalized spacial score (nSPS) is 19.9. The van der Waals surface area contributed by atoms with Gasteiger partial charge in [0.2, 0.25) is 0 Å². The number of benzene rings is 1. The van der Waals surface area contributed by atoms with Gasteiger partial charge < -0.3 is 4.90 Å². The van der Waals surface area contributed by atoms with Crippen molar-refractivity contribution in [3.63, 3.8) is 0 Å². The summed E-state index contributed by atoms with van der Waals surface area (Å²) >= 11 is 0. The van der Waals surface area contributed by atoms with Gasteiger partial charge in [0, 0.05) is 23.8 Å². The lowest BCUT2D eigenvalue weighted by molar-refractivity contribution is 0.222. The second kappa shape index (κ2) is 5.60. The third kappa shape index (κ3) is 2.60. The number of rotatable bonds is 3. The number of aryl methyl sites for hydroxylation is 2. The van der Waals surface area contributed by atoms with Crippen molar-refractivity contribution < 1.29 is 0 Å². The zero-order valence-electron chi connectivity index (χ0n) is 12.0. The molecule has 18 heavy (non-hydrogen) atoms. The number of hydrogen-bond donors (Lipinski definition) is 0. The molecule has 0 bridgehead atoms. The van der Waals surface area contributed by atoms with E-state index < -0.39 is 0 Å². The van der Waals surface area contributed by atoms with Gasteiger partial charge in [0.05, 0.1) is 0 Å². The standard InChI is InChI=1S/C17H25N/c1-5-16-8-6-7-11-18(16)15(4)17-12-13(2)9-10-14(17)3/h9-10,12,16H,4-8,11H2,1-3H3. The molecule has 1 heterocycles. The lowest BCUT2D eigenvalue weighted by Gasteiger charge is -2.39. The van der Waals surface area contributed by atoms with E-state index in [1.165, 1.54) is 54.6 Å². The molecule has 1 nitrogen and oxygen atoms in total. The summed E-state index contributed by atoms with van der Waals surface area (Å²) in [6.07, 6.45) is 5.22. The van der Waals surface area contributed by atoms with Crippen molar-refractivity contribution in [2.45, 2.75) is 52.5 Å². The molecule has 0 amide bonds. The molecular weight excluding hydrogens is 218 g/mol. The monoisotopic (exact) mass is 243 g/mol. The molecule has 98 valence electrons. The predicted octanol–water partition coefficient (Wildman–Crippen LogP) is 4.54. The van der Waals surface area contributed by atoms with Crippen LogP contribution in [0.25, 0.3) is 5.70 Å². The second-order valence-electron chi connectivity index (χ2n) is 5.52. The Kier molecular flexibility index (Phi) is 4.11. The zero-order valence-corrected chi connectivity index (χ0v) is 12.0. The first-order valence-electron chi connectivity index (χ1n) is 7.16. The summed E-state index contributed by atoms with van der Waals surface area (Å²) in [7, 11) is 0. The molecular formula is C17H25N. The van der Waals surface area contributed by atoms with Crippen LogP contribution in [0, 0.1) is 13.8 Å². The van der Waals surface area contributed by atoms with Crippen LogP contribution in [0.5, 0.6) is 0 Å². The van der Waals surface area contributed by atoms with E-state index in [-0.39, 0.29) is 0 Å². The van der Waals surface area contributed by atoms with Gasteiger partial charge in [-0.2, -0.15) is 0 Å². The van der Waals surface area contributed by atoms with Gasteiger partial charge in [0.15, 0.2) is 0 Å². The lowest BCUT2D eigenvalue weighted by Crippen LogP contribution is -2.37. The van der Waals surface area contributed by atoms with Crippen molar-refractivity contribution in [2.75, 3.05) is 6.54 Å². The van der Waals surface area contributed by atoms with Crippen molar-refractivity contribution >= 4 is 5.70 Å². The van der Waals surface area contributed by atoms with Crippen LogP contribution in [0.3, 0.4) is 0 Å². The third-order valence-electron chi connectivity index (χ3n) is 4.15. The molecule has 1 unspecified atom stereocenters. The van der Waals surface area contributed by atoms with Gasteiger partial charge >= 0.3 is 0 Å². The number of piperidine rings is 1. The van der Waals surface area contributed by atoms with E-state index in [4.69, 9.17) is 0 Å². The summed E-state index contributed by atoms with van der Waals surface area (Å²) in [4.78, 5) is 2.53. The van der Waals surface area contributed by atoms with E-state index in [1.807, 2.05) is 0 Å². The van der Waals surface area contributed by atoms with E-state index in [0.717, 1.165) is 0 Å². The van der Waals surface area contributed by atoms with Crippen LogP contribution in [-0.4, -0.2) is 17.5 Å². The molecule has 0 aliphatic carbocycles. The maximum absolute atomic E-state index is 4.37. The molecule has 1 atom stereocenters. The number of hydrogen-bond acceptors (Lipinski definition) is 1. The Hall–Kier alpha value is -1.24. The molecule has 1 saturated heterocycles. The van der Waals surface area contributed by atoms with Crippen LogP contribution in [0.4, 0.5) is 0 Å². The Morgan fingerprint density at radius 3 is 2.83 bits per heavy atom. The quantitative estimate of drug-likeness (QED) is 0.753. The minimum absolute atomic E-state index is 0.686. The van der Waals surface area contributed by atoms with Gasteiger partial charge in [-0.1, -0.05) is 31.2 Å². The van der Waals surface area contributed by atoms with Gasteiger partial charge in [-0.05, 0) is 51.2 Å². The van der Waals surface area contributed by atoms with Gasteiger partial charge in [-0.3, -0.25) is 0 Å². The van der Waals surface area contributed by atoms with Crippen LogP contribution < -0.4 is 0 Å². The average molecular weight is 243 g/mol. The van der Waals surface area contributed by atoms with Gasteiger partial charge in [-0.15, -0.1) is 0 Å². The van der Waals surface area contributed by atoms with E-state index in [9.17, 15) is 0 Å². The maximum Gasteiger partial charge on any atom is 0.0372 e. The molecule has 2 rings (SSSR count). The highest BCUT2D eigenvalue weighted by Crippen LogP contribution is 2.30. The molecule has 0 radical (unpaired) electrons. The first-order valence-corrected chi connectivity index (χ1v) is 7.16. The average Bonchev–Trinajstić information content (AvgIpc) is 2.40. The van der Waals surface area contributed by atoms with Crippen LogP contribution >= 0.6 is 0 Å². The Morgan fingerprint density at radius 1 is 1.33 bits per heavy atom. The van der Waals surface area contributed by atoms with E-state index in [1.54, 1.807) is 0 Å². The van der Waals surface area contributed by atoms with Crippen molar-refractivity contribution in [1.82, 2.24) is 4.90 Å². The zero-order chi connectivity index (χ0) is 13.1. The SMILES string of the molecule is C=C(c1cc(C)ccc1C)N1CCCCC1CC. The van der Waals surface area contributed by atoms with E-state index >= 15 is 0 Å². The fraction of sp³-hybridized carbons (Fsp3) is 0.529. The highest BCUT2D eigenvalue weighted by molar-refractivity contribution is 5.65. The van der Waals surface area contributed by atoms with Crippen LogP contribution in [0.1, 0.15) is 49.3 Å². The molecule has 0 spiro atoms. The fourth-order valence-electron chi connectivity index (χ4n) is 2.98. The molecule has 1 heteroatoms. The van der Waals surface area contributed by atoms with Crippen LogP contribution in [-0.2, 0) is 0 Å². The molecule has 1 aliphatic heterocycles. The van der Waals surface area contributed by atoms with Crippen LogP contribution in [0.2, 0.25) is 0 Å². The van der Waals surface area contributed by atoms with Gasteiger partial charge in [0.25, 0.3) is 0 Å². The largest absolute Gasteiger partial charge is 0.369 e. The lowest BCUT2D eigenvalue weighted by atomic mass is 9.96. The Balaban J connectivity index is 2.26. The van der Waals surface area contributed by atoms with Crippen molar-refractivity contribution in [3.05, 3.63) is 41.5 Å². The summed E-state index contributed by atoms with van der Waals surface area (Å²) < 4.78 is 0. The first kappa shape index (κ1) is 13.2. The molecule has 1 aliphatic rings. The molecule has 0 N–H and O–H groups in total. The van der Waals surface area contributed by atoms with Crippen molar-refractivity contribution in [1.29, 1.82) is 0 Å². The topological polar surface area (TPSA) is 3.24 Å². The van der Waals surface area contributed by atoms with Gasteiger partial charge in [0.1, 0.15) is 0 Å². The second-order valence-corrected chi connectivity index (χ2v) is 5.52.